The largest absolute Gasteiger partial charge is 0.240 e. The second-order valence-electron chi connectivity index (χ2n) is 4.80. The normalized spacial score (nSPS) is 10.3. The molecule has 3 rings (SSSR count). The van der Waals surface area contributed by atoms with Crippen molar-refractivity contribution in [3.05, 3.63) is 80.8 Å². The third-order valence-electron chi connectivity index (χ3n) is 3.30. The number of hydrogen-bond donors (Lipinski definition) is 0. The predicted octanol–water partition coefficient (Wildman–Crippen LogP) is 5.66. The van der Waals surface area contributed by atoms with Gasteiger partial charge < -0.3 is 0 Å². The number of azide groups is 1. The minimum atomic E-state index is 0.192. The Hall–Kier alpha value is -2.46. The van der Waals surface area contributed by atoms with Crippen LogP contribution in [0.4, 0.5) is 0 Å². The summed E-state index contributed by atoms with van der Waals surface area (Å²) in [5.74, 6) is 0. The van der Waals surface area contributed by atoms with Gasteiger partial charge in [0, 0.05) is 27.3 Å². The van der Waals surface area contributed by atoms with Crippen LogP contribution in [0.2, 0.25) is 10.0 Å². The van der Waals surface area contributed by atoms with E-state index >= 15 is 0 Å². The Morgan fingerprint density at radius 1 is 1.13 bits per heavy atom. The molecule has 0 spiro atoms. The maximum Gasteiger partial charge on any atom is 0.0975 e. The highest BCUT2D eigenvalue weighted by Gasteiger charge is 2.14. The fourth-order valence-corrected chi connectivity index (χ4v) is 2.75. The van der Waals surface area contributed by atoms with Crippen LogP contribution >= 0.6 is 23.2 Å². The van der Waals surface area contributed by atoms with Crippen LogP contribution in [0.15, 0.2) is 59.8 Å². The van der Waals surface area contributed by atoms with Crippen LogP contribution in [-0.4, -0.2) is 9.78 Å². The predicted molar refractivity (Wildman–Crippen MR) is 91.9 cm³/mol. The van der Waals surface area contributed by atoms with E-state index in [1.807, 2.05) is 42.6 Å². The van der Waals surface area contributed by atoms with Gasteiger partial charge in [0.2, 0.25) is 0 Å². The molecule has 0 aliphatic carbocycles. The number of hydrogen-bond acceptors (Lipinski definition) is 2. The number of rotatable bonds is 4. The van der Waals surface area contributed by atoms with Crippen molar-refractivity contribution in [1.82, 2.24) is 9.78 Å². The van der Waals surface area contributed by atoms with E-state index in [0.717, 1.165) is 16.8 Å². The van der Waals surface area contributed by atoms with Crippen molar-refractivity contribution >= 4 is 23.2 Å². The summed E-state index contributed by atoms with van der Waals surface area (Å²) >= 11 is 12.2. The fourth-order valence-electron chi connectivity index (χ4n) is 2.25. The molecule has 23 heavy (non-hydrogen) atoms. The van der Waals surface area contributed by atoms with E-state index in [9.17, 15) is 0 Å². The van der Waals surface area contributed by atoms with Gasteiger partial charge in [-0.2, -0.15) is 5.10 Å². The zero-order valence-electron chi connectivity index (χ0n) is 11.9. The lowest BCUT2D eigenvalue weighted by molar-refractivity contribution is 0.883. The molecule has 0 unspecified atom stereocenters. The van der Waals surface area contributed by atoms with Crippen molar-refractivity contribution in [3.8, 4) is 16.9 Å². The molecule has 0 aliphatic rings. The molecule has 0 radical (unpaired) electrons. The van der Waals surface area contributed by atoms with Crippen LogP contribution in [-0.2, 0) is 6.54 Å². The quantitative estimate of drug-likeness (QED) is 0.342. The summed E-state index contributed by atoms with van der Waals surface area (Å²) < 4.78 is 1.74. The first-order valence-corrected chi connectivity index (χ1v) is 7.55. The minimum absolute atomic E-state index is 0.192. The Labute approximate surface area is 142 Å². The maximum atomic E-state index is 8.59. The van der Waals surface area contributed by atoms with Gasteiger partial charge in [-0.05, 0) is 35.9 Å². The molecule has 1 heterocycles. The lowest BCUT2D eigenvalue weighted by Gasteiger charge is -2.04. The lowest BCUT2D eigenvalue weighted by Crippen LogP contribution is -1.94. The highest BCUT2D eigenvalue weighted by molar-refractivity contribution is 6.36. The average molecular weight is 344 g/mol. The van der Waals surface area contributed by atoms with E-state index in [1.54, 1.807) is 16.8 Å². The van der Waals surface area contributed by atoms with Crippen LogP contribution in [0.5, 0.6) is 0 Å². The summed E-state index contributed by atoms with van der Waals surface area (Å²) in [5, 5.41) is 9.29. The molecule has 2 aromatic carbocycles. The first-order chi connectivity index (χ1) is 11.2. The fraction of sp³-hybridized carbons (Fsp3) is 0.0625. The second-order valence-corrected chi connectivity index (χ2v) is 5.64. The van der Waals surface area contributed by atoms with Crippen molar-refractivity contribution < 1.29 is 0 Å². The average Bonchev–Trinajstić information content (AvgIpc) is 2.97. The molecule has 0 amide bonds. The SMILES string of the molecule is [N-]=[N+]=NCc1cn(-c2ccccc2)nc1-c1ccc(Cl)cc1Cl. The lowest BCUT2D eigenvalue weighted by atomic mass is 10.1. The van der Waals surface area contributed by atoms with Crippen LogP contribution < -0.4 is 0 Å². The number of halogens is 2. The number of aromatic nitrogens is 2. The van der Waals surface area contributed by atoms with E-state index in [0.29, 0.717) is 15.7 Å². The summed E-state index contributed by atoms with van der Waals surface area (Å²) in [6.45, 7) is 0.192. The monoisotopic (exact) mass is 343 g/mol. The summed E-state index contributed by atoms with van der Waals surface area (Å²) in [4.78, 5) is 2.82. The molecule has 7 heteroatoms. The van der Waals surface area contributed by atoms with E-state index < -0.39 is 0 Å². The summed E-state index contributed by atoms with van der Waals surface area (Å²) in [7, 11) is 0. The van der Waals surface area contributed by atoms with Gasteiger partial charge >= 0.3 is 0 Å². The van der Waals surface area contributed by atoms with Crippen molar-refractivity contribution in [2.75, 3.05) is 0 Å². The van der Waals surface area contributed by atoms with Crippen LogP contribution in [0, 0.1) is 0 Å². The highest BCUT2D eigenvalue weighted by atomic mass is 35.5. The molecule has 0 saturated heterocycles. The molecule has 0 atom stereocenters. The summed E-state index contributed by atoms with van der Waals surface area (Å²) in [5.41, 5.74) is 11.7. The Bertz CT molecular complexity index is 883. The van der Waals surface area contributed by atoms with Crippen LogP contribution in [0.3, 0.4) is 0 Å². The topological polar surface area (TPSA) is 66.6 Å². The zero-order chi connectivity index (χ0) is 16.2. The van der Waals surface area contributed by atoms with Crippen molar-refractivity contribution in [2.24, 2.45) is 5.11 Å². The molecule has 0 saturated carbocycles. The Morgan fingerprint density at radius 2 is 1.91 bits per heavy atom. The van der Waals surface area contributed by atoms with E-state index in [4.69, 9.17) is 28.7 Å². The molecular weight excluding hydrogens is 333 g/mol. The first kappa shape index (κ1) is 15.4. The van der Waals surface area contributed by atoms with Gasteiger partial charge in [0.25, 0.3) is 0 Å². The molecule has 0 N–H and O–H groups in total. The van der Waals surface area contributed by atoms with Gasteiger partial charge in [-0.1, -0.05) is 46.5 Å². The van der Waals surface area contributed by atoms with Gasteiger partial charge in [-0.25, -0.2) is 4.68 Å². The van der Waals surface area contributed by atoms with E-state index in [2.05, 4.69) is 15.1 Å². The smallest absolute Gasteiger partial charge is 0.0975 e. The second kappa shape index (κ2) is 6.75. The molecule has 0 fully saturated rings. The van der Waals surface area contributed by atoms with Gasteiger partial charge in [-0.15, -0.1) is 0 Å². The van der Waals surface area contributed by atoms with E-state index in [1.165, 1.54) is 0 Å². The number of para-hydroxylation sites is 1. The first-order valence-electron chi connectivity index (χ1n) is 6.79. The van der Waals surface area contributed by atoms with Crippen molar-refractivity contribution in [2.45, 2.75) is 6.54 Å². The Kier molecular flexibility index (Phi) is 4.53. The molecule has 3 aromatic rings. The molecule has 114 valence electrons. The standard InChI is InChI=1S/C16H11Cl2N5/c17-12-6-7-14(15(18)8-12)16-11(9-20-22-19)10-23(21-16)13-4-2-1-3-5-13/h1-8,10H,9H2. The third kappa shape index (κ3) is 3.32. The number of benzene rings is 2. The Morgan fingerprint density at radius 3 is 2.61 bits per heavy atom. The van der Waals surface area contributed by atoms with Gasteiger partial charge in [0.05, 0.1) is 22.9 Å². The molecule has 0 bridgehead atoms. The molecule has 1 aromatic heterocycles. The highest BCUT2D eigenvalue weighted by Crippen LogP contribution is 2.32. The van der Waals surface area contributed by atoms with Crippen molar-refractivity contribution in [1.29, 1.82) is 0 Å². The number of nitrogens with zero attached hydrogens (tertiary/aromatic N) is 5. The Balaban J connectivity index is 2.14. The molecule has 5 nitrogen and oxygen atoms in total. The molecule has 0 aliphatic heterocycles. The summed E-state index contributed by atoms with van der Waals surface area (Å²) in [6, 6.07) is 14.9. The van der Waals surface area contributed by atoms with Gasteiger partial charge in [0.1, 0.15) is 0 Å². The van der Waals surface area contributed by atoms with Crippen molar-refractivity contribution in [3.63, 3.8) is 0 Å². The summed E-state index contributed by atoms with van der Waals surface area (Å²) in [6.07, 6.45) is 1.84. The van der Waals surface area contributed by atoms with E-state index in [-0.39, 0.29) is 6.54 Å². The zero-order valence-corrected chi connectivity index (χ0v) is 13.4. The minimum Gasteiger partial charge on any atom is -0.240 e. The van der Waals surface area contributed by atoms with Crippen LogP contribution in [0.25, 0.3) is 27.4 Å². The van der Waals surface area contributed by atoms with Gasteiger partial charge in [0.15, 0.2) is 0 Å². The third-order valence-corrected chi connectivity index (χ3v) is 3.85. The van der Waals surface area contributed by atoms with Gasteiger partial charge in [-0.3, -0.25) is 0 Å². The molecular formula is C16H11Cl2N5. The van der Waals surface area contributed by atoms with Crippen LogP contribution in [0.1, 0.15) is 5.56 Å². The maximum absolute atomic E-state index is 8.59.